The van der Waals surface area contributed by atoms with Crippen LogP contribution >= 0.6 is 43.5 Å². The molecular formula is C13H9Br2ClFN. The molecule has 0 aliphatic rings. The Morgan fingerprint density at radius 1 is 1.11 bits per heavy atom. The van der Waals surface area contributed by atoms with Crippen molar-refractivity contribution in [1.29, 1.82) is 0 Å². The predicted octanol–water partition coefficient (Wildman–Crippen LogP) is 5.62. The fourth-order valence-corrected chi connectivity index (χ4v) is 2.88. The molecule has 0 heterocycles. The van der Waals surface area contributed by atoms with Crippen molar-refractivity contribution in [2.45, 2.75) is 6.54 Å². The van der Waals surface area contributed by atoms with Crippen LogP contribution in [0.25, 0.3) is 0 Å². The van der Waals surface area contributed by atoms with Gasteiger partial charge in [0.15, 0.2) is 0 Å². The summed E-state index contributed by atoms with van der Waals surface area (Å²) in [6, 6.07) is 10.3. The van der Waals surface area contributed by atoms with Gasteiger partial charge >= 0.3 is 0 Å². The van der Waals surface area contributed by atoms with Gasteiger partial charge in [-0.05, 0) is 57.9 Å². The van der Waals surface area contributed by atoms with Crippen molar-refractivity contribution in [1.82, 2.24) is 0 Å². The largest absolute Gasteiger partial charge is 0.380 e. The van der Waals surface area contributed by atoms with Gasteiger partial charge in [0, 0.05) is 26.2 Å². The van der Waals surface area contributed by atoms with E-state index in [0.29, 0.717) is 11.6 Å². The Morgan fingerprint density at radius 2 is 1.89 bits per heavy atom. The summed E-state index contributed by atoms with van der Waals surface area (Å²) in [6.07, 6.45) is 0. The molecule has 0 saturated carbocycles. The molecule has 5 heteroatoms. The molecule has 0 aliphatic heterocycles. The third kappa shape index (κ3) is 3.70. The quantitative estimate of drug-likeness (QED) is 0.714. The summed E-state index contributed by atoms with van der Waals surface area (Å²) in [7, 11) is 0. The van der Waals surface area contributed by atoms with E-state index in [-0.39, 0.29) is 5.82 Å². The number of anilines is 1. The van der Waals surface area contributed by atoms with Crippen LogP contribution < -0.4 is 5.32 Å². The molecule has 94 valence electrons. The average Bonchev–Trinajstić information content (AvgIpc) is 2.26. The molecule has 0 saturated heterocycles. The van der Waals surface area contributed by atoms with E-state index >= 15 is 0 Å². The molecule has 2 aromatic carbocycles. The molecule has 0 amide bonds. The van der Waals surface area contributed by atoms with Gasteiger partial charge in [0.05, 0.1) is 0 Å². The fourth-order valence-electron chi connectivity index (χ4n) is 1.54. The maximum absolute atomic E-state index is 13.2. The Balaban J connectivity index is 2.11. The monoisotopic (exact) mass is 391 g/mol. The van der Waals surface area contributed by atoms with Gasteiger partial charge < -0.3 is 5.32 Å². The van der Waals surface area contributed by atoms with E-state index in [0.717, 1.165) is 20.2 Å². The number of hydrogen-bond acceptors (Lipinski definition) is 1. The summed E-state index contributed by atoms with van der Waals surface area (Å²) in [6.45, 7) is 0.538. The highest BCUT2D eigenvalue weighted by molar-refractivity contribution is 9.10. The van der Waals surface area contributed by atoms with Crippen LogP contribution in [0.15, 0.2) is 45.3 Å². The van der Waals surface area contributed by atoms with Crippen LogP contribution in [0.4, 0.5) is 10.1 Å². The van der Waals surface area contributed by atoms with Crippen LogP contribution in [0.1, 0.15) is 5.56 Å². The molecule has 0 aromatic heterocycles. The first kappa shape index (κ1) is 13.8. The maximum Gasteiger partial charge on any atom is 0.124 e. The average molecular weight is 393 g/mol. The highest BCUT2D eigenvalue weighted by Gasteiger charge is 2.02. The van der Waals surface area contributed by atoms with Crippen LogP contribution in [0.3, 0.4) is 0 Å². The zero-order valence-electron chi connectivity index (χ0n) is 9.18. The van der Waals surface area contributed by atoms with Gasteiger partial charge in [-0.3, -0.25) is 0 Å². The standard InChI is InChI=1S/C13H9Br2ClFN/c14-9-3-8(4-11(17)5-9)7-18-13-2-1-10(16)6-12(13)15/h1-6,18H,7H2. The molecule has 0 aliphatic carbocycles. The normalized spacial score (nSPS) is 10.4. The van der Waals surface area contributed by atoms with Crippen molar-refractivity contribution >= 4 is 49.1 Å². The molecule has 0 spiro atoms. The maximum atomic E-state index is 13.2. The van der Waals surface area contributed by atoms with E-state index in [1.807, 2.05) is 18.2 Å². The third-order valence-electron chi connectivity index (χ3n) is 2.34. The molecular weight excluding hydrogens is 384 g/mol. The third-order valence-corrected chi connectivity index (χ3v) is 3.69. The smallest absolute Gasteiger partial charge is 0.124 e. The number of rotatable bonds is 3. The van der Waals surface area contributed by atoms with Crippen molar-refractivity contribution in [3.63, 3.8) is 0 Å². The molecule has 2 aromatic rings. The van der Waals surface area contributed by atoms with E-state index in [1.54, 1.807) is 6.07 Å². The molecule has 1 nitrogen and oxygen atoms in total. The zero-order chi connectivity index (χ0) is 13.1. The molecule has 18 heavy (non-hydrogen) atoms. The highest BCUT2D eigenvalue weighted by atomic mass is 79.9. The van der Waals surface area contributed by atoms with E-state index in [2.05, 4.69) is 37.2 Å². The molecule has 0 bridgehead atoms. The lowest BCUT2D eigenvalue weighted by Crippen LogP contribution is -2.00. The summed E-state index contributed by atoms with van der Waals surface area (Å²) >= 11 is 12.6. The van der Waals surface area contributed by atoms with Gasteiger partial charge in [0.25, 0.3) is 0 Å². The number of hydrogen-bond donors (Lipinski definition) is 1. The second-order valence-electron chi connectivity index (χ2n) is 3.76. The minimum absolute atomic E-state index is 0.253. The van der Waals surface area contributed by atoms with Crippen LogP contribution in [0, 0.1) is 5.82 Å². The lowest BCUT2D eigenvalue weighted by molar-refractivity contribution is 0.625. The van der Waals surface area contributed by atoms with Gasteiger partial charge in [0.1, 0.15) is 5.82 Å². The Morgan fingerprint density at radius 3 is 2.56 bits per heavy atom. The van der Waals surface area contributed by atoms with Gasteiger partial charge in [-0.1, -0.05) is 27.5 Å². The number of nitrogens with one attached hydrogen (secondary N) is 1. The van der Waals surface area contributed by atoms with Crippen molar-refractivity contribution in [3.05, 3.63) is 61.7 Å². The summed E-state index contributed by atoms with van der Waals surface area (Å²) < 4.78 is 14.8. The van der Waals surface area contributed by atoms with Crippen LogP contribution in [-0.4, -0.2) is 0 Å². The Labute approximate surface area is 127 Å². The van der Waals surface area contributed by atoms with Crippen molar-refractivity contribution in [3.8, 4) is 0 Å². The molecule has 0 atom stereocenters. The molecule has 2 rings (SSSR count). The van der Waals surface area contributed by atoms with Gasteiger partial charge in [-0.2, -0.15) is 0 Å². The summed E-state index contributed by atoms with van der Waals surface area (Å²) in [5, 5.41) is 3.89. The zero-order valence-corrected chi connectivity index (χ0v) is 13.1. The van der Waals surface area contributed by atoms with E-state index in [9.17, 15) is 4.39 Å². The van der Waals surface area contributed by atoms with Crippen LogP contribution in [-0.2, 0) is 6.54 Å². The van der Waals surface area contributed by atoms with Gasteiger partial charge in [-0.25, -0.2) is 4.39 Å². The lowest BCUT2D eigenvalue weighted by atomic mass is 10.2. The van der Waals surface area contributed by atoms with Crippen LogP contribution in [0.2, 0.25) is 5.02 Å². The SMILES string of the molecule is Fc1cc(Br)cc(CNc2ccc(Cl)cc2Br)c1. The predicted molar refractivity (Wildman–Crippen MR) is 80.6 cm³/mol. The minimum atomic E-state index is -0.253. The second-order valence-corrected chi connectivity index (χ2v) is 5.96. The molecule has 0 radical (unpaired) electrons. The lowest BCUT2D eigenvalue weighted by Gasteiger charge is -2.09. The minimum Gasteiger partial charge on any atom is -0.380 e. The molecule has 0 unspecified atom stereocenters. The second kappa shape index (κ2) is 6.04. The van der Waals surface area contributed by atoms with Gasteiger partial charge in [-0.15, -0.1) is 0 Å². The Hall–Kier alpha value is -0.580. The fraction of sp³-hybridized carbons (Fsp3) is 0.0769. The first-order valence-electron chi connectivity index (χ1n) is 5.18. The first-order chi connectivity index (χ1) is 8.54. The molecule has 1 N–H and O–H groups in total. The van der Waals surface area contributed by atoms with Crippen LogP contribution in [0.5, 0.6) is 0 Å². The highest BCUT2D eigenvalue weighted by Crippen LogP contribution is 2.26. The van der Waals surface area contributed by atoms with Crippen molar-refractivity contribution in [2.75, 3.05) is 5.32 Å². The number of benzene rings is 2. The van der Waals surface area contributed by atoms with E-state index in [1.165, 1.54) is 12.1 Å². The topological polar surface area (TPSA) is 12.0 Å². The van der Waals surface area contributed by atoms with Crippen molar-refractivity contribution < 1.29 is 4.39 Å². The van der Waals surface area contributed by atoms with E-state index in [4.69, 9.17) is 11.6 Å². The van der Waals surface area contributed by atoms with Crippen molar-refractivity contribution in [2.24, 2.45) is 0 Å². The van der Waals surface area contributed by atoms with Gasteiger partial charge in [0.2, 0.25) is 0 Å². The summed E-state index contributed by atoms with van der Waals surface area (Å²) in [5.74, 6) is -0.253. The first-order valence-corrected chi connectivity index (χ1v) is 7.15. The summed E-state index contributed by atoms with van der Waals surface area (Å²) in [5.41, 5.74) is 1.78. The Bertz CT molecular complexity index is 555. The summed E-state index contributed by atoms with van der Waals surface area (Å²) in [4.78, 5) is 0. The van der Waals surface area contributed by atoms with E-state index < -0.39 is 0 Å². The molecule has 0 fully saturated rings. The number of halogens is 4. The Kier molecular flexibility index (Phi) is 4.65.